The highest BCUT2D eigenvalue weighted by Crippen LogP contribution is 2.28. The molecule has 0 bridgehead atoms. The van der Waals surface area contributed by atoms with Crippen molar-refractivity contribution in [2.24, 2.45) is 0 Å². The smallest absolute Gasteiger partial charge is 0.257 e. The molecule has 2 aromatic heterocycles. The van der Waals surface area contributed by atoms with E-state index in [-0.39, 0.29) is 12.0 Å². The predicted molar refractivity (Wildman–Crippen MR) is 128 cm³/mol. The van der Waals surface area contributed by atoms with Gasteiger partial charge in [-0.15, -0.1) is 0 Å². The van der Waals surface area contributed by atoms with Crippen LogP contribution >= 0.6 is 0 Å². The lowest BCUT2D eigenvalue weighted by molar-refractivity contribution is 0.0757. The van der Waals surface area contributed by atoms with Gasteiger partial charge in [-0.3, -0.25) is 4.79 Å². The van der Waals surface area contributed by atoms with Gasteiger partial charge in [-0.25, -0.2) is 9.97 Å². The molecule has 0 aliphatic heterocycles. The van der Waals surface area contributed by atoms with Crippen LogP contribution in [0.4, 0.5) is 5.82 Å². The number of anilines is 1. The van der Waals surface area contributed by atoms with Crippen LogP contribution in [0.25, 0.3) is 22.2 Å². The Hall–Kier alpha value is -3.45. The van der Waals surface area contributed by atoms with E-state index in [9.17, 15) is 4.79 Å². The van der Waals surface area contributed by atoms with Gasteiger partial charge in [0, 0.05) is 19.7 Å². The van der Waals surface area contributed by atoms with Crippen molar-refractivity contribution >= 4 is 33.9 Å². The van der Waals surface area contributed by atoms with Crippen LogP contribution < -0.4 is 11.1 Å². The Balaban J connectivity index is 1.65. The SMILES string of the molecule is CC(C)OCCCNC(=O)c1c(N)n(CCc2ccccc2)c2nc3ccccc3nc12. The van der Waals surface area contributed by atoms with Gasteiger partial charge in [-0.1, -0.05) is 42.5 Å². The van der Waals surface area contributed by atoms with Gasteiger partial charge in [0.05, 0.1) is 17.1 Å². The first-order chi connectivity index (χ1) is 15.5. The highest BCUT2D eigenvalue weighted by molar-refractivity contribution is 6.10. The Morgan fingerprint density at radius 1 is 1.06 bits per heavy atom. The number of aromatic nitrogens is 3. The van der Waals surface area contributed by atoms with Crippen LogP contribution in [-0.2, 0) is 17.7 Å². The highest BCUT2D eigenvalue weighted by Gasteiger charge is 2.23. The summed E-state index contributed by atoms with van der Waals surface area (Å²) in [5.41, 5.74) is 10.8. The standard InChI is InChI=1S/C25H29N5O2/c1-17(2)32-16-8-14-27-25(31)21-22-24(29-20-12-7-6-11-19(20)28-22)30(23(21)26)15-13-18-9-4-3-5-10-18/h3-7,9-12,17H,8,13-16,26H2,1-2H3,(H,27,31). The largest absolute Gasteiger partial charge is 0.384 e. The molecule has 32 heavy (non-hydrogen) atoms. The third kappa shape index (κ3) is 4.73. The van der Waals surface area contributed by atoms with E-state index in [0.29, 0.717) is 42.2 Å². The van der Waals surface area contributed by atoms with Gasteiger partial charge < -0.3 is 20.4 Å². The van der Waals surface area contributed by atoms with Crippen LogP contribution in [0.2, 0.25) is 0 Å². The fourth-order valence-corrected chi connectivity index (χ4v) is 3.73. The average Bonchev–Trinajstić information content (AvgIpc) is 3.06. The summed E-state index contributed by atoms with van der Waals surface area (Å²) >= 11 is 0. The zero-order chi connectivity index (χ0) is 22.5. The maximum Gasteiger partial charge on any atom is 0.257 e. The lowest BCUT2D eigenvalue weighted by Gasteiger charge is -2.09. The number of aryl methyl sites for hydroxylation is 2. The van der Waals surface area contributed by atoms with Crippen molar-refractivity contribution in [2.45, 2.75) is 39.3 Å². The van der Waals surface area contributed by atoms with Crippen LogP contribution in [-0.4, -0.2) is 39.7 Å². The Morgan fingerprint density at radius 3 is 2.47 bits per heavy atom. The molecule has 1 amide bonds. The number of nitrogen functional groups attached to an aromatic ring is 1. The zero-order valence-electron chi connectivity index (χ0n) is 18.5. The van der Waals surface area contributed by atoms with E-state index in [2.05, 4.69) is 17.4 Å². The minimum Gasteiger partial charge on any atom is -0.384 e. The summed E-state index contributed by atoms with van der Waals surface area (Å²) in [6, 6.07) is 17.8. The van der Waals surface area contributed by atoms with Gasteiger partial charge >= 0.3 is 0 Å². The molecule has 0 unspecified atom stereocenters. The molecule has 0 saturated carbocycles. The number of carbonyl (C=O) groups is 1. The molecule has 3 N–H and O–H groups in total. The van der Waals surface area contributed by atoms with Gasteiger partial charge in [0.1, 0.15) is 16.9 Å². The second-order valence-electron chi connectivity index (χ2n) is 8.06. The monoisotopic (exact) mass is 431 g/mol. The molecule has 0 radical (unpaired) electrons. The van der Waals surface area contributed by atoms with Crippen LogP contribution in [0.15, 0.2) is 54.6 Å². The molecule has 0 fully saturated rings. The maximum atomic E-state index is 13.1. The fourth-order valence-electron chi connectivity index (χ4n) is 3.73. The second-order valence-corrected chi connectivity index (χ2v) is 8.06. The Kier molecular flexibility index (Phi) is 6.66. The maximum absolute atomic E-state index is 13.1. The van der Waals surface area contributed by atoms with Crippen LogP contribution in [0.3, 0.4) is 0 Å². The summed E-state index contributed by atoms with van der Waals surface area (Å²) in [6.45, 7) is 5.69. The first kappa shape index (κ1) is 21.8. The normalized spacial score (nSPS) is 11.5. The number of fused-ring (bicyclic) bond motifs is 2. The molecule has 0 atom stereocenters. The number of carbonyl (C=O) groups excluding carboxylic acids is 1. The van der Waals surface area contributed by atoms with Crippen molar-refractivity contribution in [2.75, 3.05) is 18.9 Å². The van der Waals surface area contributed by atoms with E-state index < -0.39 is 0 Å². The molecular formula is C25H29N5O2. The molecule has 4 aromatic rings. The molecule has 2 aromatic carbocycles. The quantitative estimate of drug-likeness (QED) is 0.391. The Morgan fingerprint density at radius 2 is 1.75 bits per heavy atom. The molecule has 0 saturated heterocycles. The summed E-state index contributed by atoms with van der Waals surface area (Å²) in [7, 11) is 0. The van der Waals surface area contributed by atoms with Crippen molar-refractivity contribution in [3.63, 3.8) is 0 Å². The molecule has 0 aliphatic rings. The van der Waals surface area contributed by atoms with Gasteiger partial charge in [-0.05, 0) is 44.4 Å². The van der Waals surface area contributed by atoms with Crippen molar-refractivity contribution in [1.82, 2.24) is 19.9 Å². The number of rotatable bonds is 9. The highest BCUT2D eigenvalue weighted by atomic mass is 16.5. The molecule has 7 heteroatoms. The van der Waals surface area contributed by atoms with Crippen LogP contribution in [0, 0.1) is 0 Å². The number of nitrogens with one attached hydrogen (secondary N) is 1. The zero-order valence-corrected chi connectivity index (χ0v) is 18.5. The minimum atomic E-state index is -0.236. The van der Waals surface area contributed by atoms with Crippen molar-refractivity contribution in [3.05, 3.63) is 65.7 Å². The summed E-state index contributed by atoms with van der Waals surface area (Å²) in [5, 5.41) is 2.96. The molecular weight excluding hydrogens is 402 g/mol. The average molecular weight is 432 g/mol. The van der Waals surface area contributed by atoms with E-state index in [0.717, 1.165) is 23.9 Å². The van der Waals surface area contributed by atoms with Crippen LogP contribution in [0.5, 0.6) is 0 Å². The van der Waals surface area contributed by atoms with Crippen molar-refractivity contribution < 1.29 is 9.53 Å². The molecule has 166 valence electrons. The third-order valence-corrected chi connectivity index (χ3v) is 5.34. The number of ether oxygens (including phenoxy) is 1. The molecule has 2 heterocycles. The number of nitrogens with two attached hydrogens (primary N) is 1. The van der Waals surface area contributed by atoms with Crippen LogP contribution in [0.1, 0.15) is 36.2 Å². The molecule has 7 nitrogen and oxygen atoms in total. The van der Waals surface area contributed by atoms with E-state index in [4.69, 9.17) is 20.4 Å². The second kappa shape index (κ2) is 9.78. The summed E-state index contributed by atoms with van der Waals surface area (Å²) in [6.07, 6.45) is 1.68. The van der Waals surface area contributed by atoms with E-state index in [1.807, 2.05) is 60.9 Å². The number of para-hydroxylation sites is 2. The lowest BCUT2D eigenvalue weighted by Crippen LogP contribution is -2.26. The number of hydrogen-bond donors (Lipinski definition) is 2. The number of amides is 1. The summed E-state index contributed by atoms with van der Waals surface area (Å²) in [5.74, 6) is 0.155. The van der Waals surface area contributed by atoms with E-state index in [1.54, 1.807) is 0 Å². The van der Waals surface area contributed by atoms with E-state index in [1.165, 1.54) is 5.56 Å². The van der Waals surface area contributed by atoms with Crippen molar-refractivity contribution in [3.8, 4) is 0 Å². The van der Waals surface area contributed by atoms with Gasteiger partial charge in [0.25, 0.3) is 5.91 Å². The lowest BCUT2D eigenvalue weighted by atomic mass is 10.1. The molecule has 4 rings (SSSR count). The summed E-state index contributed by atoms with van der Waals surface area (Å²) in [4.78, 5) is 22.6. The topological polar surface area (TPSA) is 95.1 Å². The van der Waals surface area contributed by atoms with Crippen molar-refractivity contribution in [1.29, 1.82) is 0 Å². The molecule has 0 aliphatic carbocycles. The first-order valence-electron chi connectivity index (χ1n) is 11.0. The number of hydrogen-bond acceptors (Lipinski definition) is 5. The van der Waals surface area contributed by atoms with Gasteiger partial charge in [0.15, 0.2) is 5.65 Å². The van der Waals surface area contributed by atoms with Gasteiger partial charge in [0.2, 0.25) is 0 Å². The predicted octanol–water partition coefficient (Wildman–Crippen LogP) is 3.95. The summed E-state index contributed by atoms with van der Waals surface area (Å²) < 4.78 is 7.45. The minimum absolute atomic E-state index is 0.174. The third-order valence-electron chi connectivity index (χ3n) is 5.34. The number of benzene rings is 2. The fraction of sp³-hybridized carbons (Fsp3) is 0.320. The van der Waals surface area contributed by atoms with Gasteiger partial charge in [-0.2, -0.15) is 0 Å². The van der Waals surface area contributed by atoms with E-state index >= 15 is 0 Å². The Labute approximate surface area is 187 Å². The Bertz CT molecular complexity index is 1220. The molecule has 0 spiro atoms. The first-order valence-corrected chi connectivity index (χ1v) is 11.0. The number of nitrogens with zero attached hydrogens (tertiary/aromatic N) is 3.